The summed E-state index contributed by atoms with van der Waals surface area (Å²) < 4.78 is 0. The highest BCUT2D eigenvalue weighted by molar-refractivity contribution is 5.83. The standard InChI is InChI=1S/C11H22N2O6/c1-11(2,3)13-10(19)8(17)6(15)5(14)7(16)9(18)12-4/h5-8,14-17H,1-4H3,(H,12,18)(H,13,19)/t5-,6+,7+,8-/m0/s1. The van der Waals surface area contributed by atoms with E-state index in [0.717, 1.165) is 0 Å². The van der Waals surface area contributed by atoms with Crippen LogP contribution in [0.5, 0.6) is 0 Å². The van der Waals surface area contributed by atoms with Crippen LogP contribution in [0.15, 0.2) is 0 Å². The third-order valence-electron chi connectivity index (χ3n) is 2.28. The van der Waals surface area contributed by atoms with E-state index < -0.39 is 41.8 Å². The van der Waals surface area contributed by atoms with Gasteiger partial charge in [-0.05, 0) is 20.8 Å². The van der Waals surface area contributed by atoms with Gasteiger partial charge in [-0.25, -0.2) is 0 Å². The Kier molecular flexibility index (Phi) is 6.37. The van der Waals surface area contributed by atoms with Crippen LogP contribution < -0.4 is 10.6 Å². The summed E-state index contributed by atoms with van der Waals surface area (Å²) in [5.41, 5.74) is -0.637. The first-order valence-corrected chi connectivity index (χ1v) is 5.77. The van der Waals surface area contributed by atoms with E-state index in [-0.39, 0.29) is 0 Å². The molecular formula is C11H22N2O6. The van der Waals surface area contributed by atoms with Gasteiger partial charge >= 0.3 is 0 Å². The summed E-state index contributed by atoms with van der Waals surface area (Å²) in [6, 6.07) is 0. The van der Waals surface area contributed by atoms with Crippen LogP contribution in [0.1, 0.15) is 20.8 Å². The summed E-state index contributed by atoms with van der Waals surface area (Å²) in [6.07, 6.45) is -7.89. The van der Waals surface area contributed by atoms with Crippen molar-refractivity contribution in [2.24, 2.45) is 0 Å². The molecule has 0 spiro atoms. The lowest BCUT2D eigenvalue weighted by molar-refractivity contribution is -0.156. The van der Waals surface area contributed by atoms with Crippen molar-refractivity contribution < 1.29 is 30.0 Å². The second-order valence-corrected chi connectivity index (χ2v) is 5.22. The van der Waals surface area contributed by atoms with Crippen molar-refractivity contribution in [1.82, 2.24) is 10.6 Å². The Morgan fingerprint density at radius 1 is 0.895 bits per heavy atom. The van der Waals surface area contributed by atoms with Crippen LogP contribution in [0.4, 0.5) is 0 Å². The molecule has 0 rings (SSSR count). The Morgan fingerprint density at radius 3 is 1.58 bits per heavy atom. The summed E-state index contributed by atoms with van der Waals surface area (Å²) >= 11 is 0. The Hall–Kier alpha value is -1.22. The lowest BCUT2D eigenvalue weighted by Crippen LogP contribution is -2.56. The van der Waals surface area contributed by atoms with Gasteiger partial charge in [-0.1, -0.05) is 0 Å². The molecule has 0 aromatic heterocycles. The number of hydrogen-bond acceptors (Lipinski definition) is 6. The maximum Gasteiger partial charge on any atom is 0.252 e. The highest BCUT2D eigenvalue weighted by Crippen LogP contribution is 2.08. The van der Waals surface area contributed by atoms with E-state index >= 15 is 0 Å². The molecule has 0 radical (unpaired) electrons. The second-order valence-electron chi connectivity index (χ2n) is 5.22. The molecule has 0 aromatic carbocycles. The summed E-state index contributed by atoms with van der Waals surface area (Å²) in [5.74, 6) is -1.85. The second kappa shape index (κ2) is 6.80. The van der Waals surface area contributed by atoms with Crippen molar-refractivity contribution in [3.05, 3.63) is 0 Å². The van der Waals surface area contributed by atoms with Crippen molar-refractivity contribution in [1.29, 1.82) is 0 Å². The Labute approximate surface area is 111 Å². The van der Waals surface area contributed by atoms with Gasteiger partial charge in [0.25, 0.3) is 11.8 Å². The summed E-state index contributed by atoms with van der Waals surface area (Å²) in [5, 5.41) is 42.4. The first kappa shape index (κ1) is 17.8. The van der Waals surface area contributed by atoms with E-state index in [1.165, 1.54) is 7.05 Å². The van der Waals surface area contributed by atoms with Crippen LogP contribution in [0.3, 0.4) is 0 Å². The Morgan fingerprint density at radius 2 is 1.26 bits per heavy atom. The average molecular weight is 278 g/mol. The molecule has 0 aliphatic carbocycles. The molecule has 6 N–H and O–H groups in total. The van der Waals surface area contributed by atoms with Crippen molar-refractivity contribution in [3.8, 4) is 0 Å². The Bertz CT molecular complexity index is 328. The third kappa shape index (κ3) is 5.52. The van der Waals surface area contributed by atoms with E-state index in [4.69, 9.17) is 0 Å². The number of carbonyl (C=O) groups is 2. The van der Waals surface area contributed by atoms with Gasteiger partial charge in [0.15, 0.2) is 12.2 Å². The van der Waals surface area contributed by atoms with Crippen molar-refractivity contribution in [3.63, 3.8) is 0 Å². The highest BCUT2D eigenvalue weighted by Gasteiger charge is 2.37. The monoisotopic (exact) mass is 278 g/mol. The average Bonchev–Trinajstić information content (AvgIpc) is 2.31. The molecule has 0 heterocycles. The van der Waals surface area contributed by atoms with Gasteiger partial charge in [-0.15, -0.1) is 0 Å². The minimum atomic E-state index is -1.99. The molecule has 0 aliphatic rings. The molecule has 0 fully saturated rings. The van der Waals surface area contributed by atoms with Gasteiger partial charge in [-0.2, -0.15) is 0 Å². The number of likely N-dealkylation sites (N-methyl/N-ethyl adjacent to an activating group) is 1. The number of aliphatic hydroxyl groups is 4. The SMILES string of the molecule is CNC(=O)[C@H](O)[C@@H](O)[C@@H](O)[C@H](O)C(=O)NC(C)(C)C. The smallest absolute Gasteiger partial charge is 0.252 e. The van der Waals surface area contributed by atoms with E-state index in [2.05, 4.69) is 10.6 Å². The lowest BCUT2D eigenvalue weighted by atomic mass is 10.0. The number of rotatable bonds is 5. The van der Waals surface area contributed by atoms with Crippen molar-refractivity contribution >= 4 is 11.8 Å². The molecular weight excluding hydrogens is 256 g/mol. The van der Waals surface area contributed by atoms with Crippen LogP contribution in [0.25, 0.3) is 0 Å². The number of aliphatic hydroxyl groups excluding tert-OH is 4. The number of carbonyl (C=O) groups excluding carboxylic acids is 2. The topological polar surface area (TPSA) is 139 Å². The molecule has 112 valence electrons. The minimum Gasteiger partial charge on any atom is -0.387 e. The molecule has 8 nitrogen and oxygen atoms in total. The maximum atomic E-state index is 11.6. The van der Waals surface area contributed by atoms with Gasteiger partial charge in [0.1, 0.15) is 12.2 Å². The Balaban J connectivity index is 4.68. The zero-order chi connectivity index (χ0) is 15.4. The van der Waals surface area contributed by atoms with E-state index in [0.29, 0.717) is 0 Å². The molecule has 0 unspecified atom stereocenters. The van der Waals surface area contributed by atoms with Gasteiger partial charge in [-0.3, -0.25) is 9.59 Å². The van der Waals surface area contributed by atoms with Crippen LogP contribution in [0.2, 0.25) is 0 Å². The predicted molar refractivity (Wildman–Crippen MR) is 66.0 cm³/mol. The molecule has 0 aliphatic heterocycles. The lowest BCUT2D eigenvalue weighted by Gasteiger charge is -2.28. The van der Waals surface area contributed by atoms with Gasteiger partial charge in [0.2, 0.25) is 0 Å². The first-order valence-electron chi connectivity index (χ1n) is 5.77. The fourth-order valence-corrected chi connectivity index (χ4v) is 1.28. The highest BCUT2D eigenvalue weighted by atomic mass is 16.4. The summed E-state index contributed by atoms with van der Waals surface area (Å²) in [4.78, 5) is 22.6. The first-order chi connectivity index (χ1) is 8.51. The van der Waals surface area contributed by atoms with Crippen LogP contribution in [-0.4, -0.2) is 69.2 Å². The van der Waals surface area contributed by atoms with Crippen LogP contribution in [0, 0.1) is 0 Å². The minimum absolute atomic E-state index is 0.637. The molecule has 0 saturated carbocycles. The quantitative estimate of drug-likeness (QED) is 0.319. The molecule has 4 atom stereocenters. The van der Waals surface area contributed by atoms with Crippen molar-refractivity contribution in [2.45, 2.75) is 50.7 Å². The van der Waals surface area contributed by atoms with Gasteiger partial charge < -0.3 is 31.1 Å². The van der Waals surface area contributed by atoms with Gasteiger partial charge in [0.05, 0.1) is 0 Å². The maximum absolute atomic E-state index is 11.6. The molecule has 19 heavy (non-hydrogen) atoms. The normalized spacial score (nSPS) is 18.1. The predicted octanol–water partition coefficient (Wildman–Crippen LogP) is -2.91. The zero-order valence-corrected chi connectivity index (χ0v) is 11.4. The number of nitrogens with one attached hydrogen (secondary N) is 2. The summed E-state index contributed by atoms with van der Waals surface area (Å²) in [7, 11) is 1.23. The number of hydrogen-bond donors (Lipinski definition) is 6. The third-order valence-corrected chi connectivity index (χ3v) is 2.28. The molecule has 8 heteroatoms. The fraction of sp³-hybridized carbons (Fsp3) is 0.818. The number of amides is 2. The van der Waals surface area contributed by atoms with Gasteiger partial charge in [0, 0.05) is 12.6 Å². The largest absolute Gasteiger partial charge is 0.387 e. The van der Waals surface area contributed by atoms with Crippen LogP contribution >= 0.6 is 0 Å². The van der Waals surface area contributed by atoms with E-state index in [1.807, 2.05) is 0 Å². The molecule has 0 aromatic rings. The molecule has 0 bridgehead atoms. The molecule has 2 amide bonds. The molecule has 0 saturated heterocycles. The van der Waals surface area contributed by atoms with Crippen molar-refractivity contribution in [2.75, 3.05) is 7.05 Å². The fourth-order valence-electron chi connectivity index (χ4n) is 1.28. The van der Waals surface area contributed by atoms with E-state index in [1.54, 1.807) is 20.8 Å². The van der Waals surface area contributed by atoms with Crippen LogP contribution in [-0.2, 0) is 9.59 Å². The zero-order valence-electron chi connectivity index (χ0n) is 11.4. The summed E-state index contributed by atoms with van der Waals surface area (Å²) in [6.45, 7) is 5.00. The van der Waals surface area contributed by atoms with E-state index in [9.17, 15) is 30.0 Å².